The Morgan fingerprint density at radius 1 is 1.30 bits per heavy atom. The smallest absolute Gasteiger partial charge is 0.330 e. The summed E-state index contributed by atoms with van der Waals surface area (Å²) in [5, 5.41) is 13.0. The highest BCUT2D eigenvalue weighted by Crippen LogP contribution is 2.51. The molecule has 0 saturated heterocycles. The Bertz CT molecular complexity index is 949. The van der Waals surface area contributed by atoms with Gasteiger partial charge in [-0.25, -0.2) is 4.79 Å². The van der Waals surface area contributed by atoms with Crippen LogP contribution in [-0.4, -0.2) is 39.8 Å². The second-order valence-electron chi connectivity index (χ2n) is 7.45. The number of ether oxygens (including phenoxy) is 1. The fourth-order valence-electron chi connectivity index (χ4n) is 3.87. The zero-order valence-electron chi connectivity index (χ0n) is 15.7. The summed E-state index contributed by atoms with van der Waals surface area (Å²) in [7, 11) is 0. The van der Waals surface area contributed by atoms with E-state index in [1.165, 1.54) is 6.07 Å². The average molecular weight is 372 g/mol. The van der Waals surface area contributed by atoms with Crippen LogP contribution in [0.5, 0.6) is 0 Å². The van der Waals surface area contributed by atoms with Crippen LogP contribution in [0.15, 0.2) is 41.3 Å². The average Bonchev–Trinajstić information content (AvgIpc) is 2.63. The van der Waals surface area contributed by atoms with Gasteiger partial charge in [-0.2, -0.15) is 0 Å². The van der Waals surface area contributed by atoms with Crippen LogP contribution >= 0.6 is 0 Å². The third-order valence-corrected chi connectivity index (χ3v) is 5.68. The summed E-state index contributed by atoms with van der Waals surface area (Å²) >= 11 is 0. The van der Waals surface area contributed by atoms with E-state index in [2.05, 4.69) is 5.32 Å². The van der Waals surface area contributed by atoms with Crippen molar-refractivity contribution in [2.75, 3.05) is 6.61 Å². The Morgan fingerprint density at radius 2 is 2.00 bits per heavy atom. The van der Waals surface area contributed by atoms with Crippen molar-refractivity contribution in [3.8, 4) is 0 Å². The minimum absolute atomic E-state index is 0.0782. The van der Waals surface area contributed by atoms with Gasteiger partial charge in [-0.15, -0.1) is 0 Å². The SMILES string of the molecule is CCOC1CC(NC(=O)Cn2ccc(=O)c3ccccc32)(C(=O)O)C1(C)C. The van der Waals surface area contributed by atoms with E-state index in [1.807, 2.05) is 6.92 Å². The van der Waals surface area contributed by atoms with Crippen LogP contribution in [-0.2, 0) is 20.9 Å². The van der Waals surface area contributed by atoms with E-state index in [1.54, 1.807) is 48.9 Å². The maximum Gasteiger partial charge on any atom is 0.330 e. The number of carbonyl (C=O) groups is 2. The van der Waals surface area contributed by atoms with Crippen molar-refractivity contribution in [1.29, 1.82) is 0 Å². The number of amides is 1. The summed E-state index contributed by atoms with van der Waals surface area (Å²) in [5.41, 5.74) is -1.61. The maximum atomic E-state index is 12.7. The Morgan fingerprint density at radius 3 is 2.63 bits per heavy atom. The second kappa shape index (κ2) is 6.81. The molecule has 1 aliphatic rings. The molecule has 3 rings (SSSR count). The first-order valence-corrected chi connectivity index (χ1v) is 8.97. The Labute approximate surface area is 156 Å². The number of para-hydroxylation sites is 1. The molecule has 2 N–H and O–H groups in total. The largest absolute Gasteiger partial charge is 0.479 e. The van der Waals surface area contributed by atoms with Gasteiger partial charge in [0.05, 0.1) is 11.6 Å². The molecule has 1 aromatic carbocycles. The molecule has 7 nitrogen and oxygen atoms in total. The standard InChI is InChI=1S/C20H24N2O5/c1-4-27-16-11-20(18(25)26,19(16,2)3)21-17(24)12-22-10-9-15(23)13-7-5-6-8-14(13)22/h5-10,16H,4,11-12H2,1-3H3,(H,21,24)(H,25,26). The van der Waals surface area contributed by atoms with Gasteiger partial charge in [-0.3, -0.25) is 9.59 Å². The van der Waals surface area contributed by atoms with Gasteiger partial charge in [0.15, 0.2) is 5.43 Å². The molecule has 1 fully saturated rings. The zero-order chi connectivity index (χ0) is 19.8. The van der Waals surface area contributed by atoms with Crippen molar-refractivity contribution in [2.45, 2.75) is 45.4 Å². The van der Waals surface area contributed by atoms with Crippen LogP contribution in [0.25, 0.3) is 10.9 Å². The van der Waals surface area contributed by atoms with Gasteiger partial charge in [-0.1, -0.05) is 26.0 Å². The lowest BCUT2D eigenvalue weighted by molar-refractivity contribution is -0.194. The summed E-state index contributed by atoms with van der Waals surface area (Å²) in [4.78, 5) is 36.7. The minimum Gasteiger partial charge on any atom is -0.479 e. The first-order valence-electron chi connectivity index (χ1n) is 8.97. The summed E-state index contributed by atoms with van der Waals surface area (Å²) in [6.45, 7) is 5.85. The van der Waals surface area contributed by atoms with Gasteiger partial charge < -0.3 is 19.7 Å². The summed E-state index contributed by atoms with van der Waals surface area (Å²) in [5.74, 6) is -1.49. The molecule has 1 saturated carbocycles. The number of aromatic nitrogens is 1. The monoisotopic (exact) mass is 372 g/mol. The predicted molar refractivity (Wildman–Crippen MR) is 101 cm³/mol. The number of rotatable bonds is 6. The van der Waals surface area contributed by atoms with Gasteiger partial charge in [-0.05, 0) is 19.1 Å². The van der Waals surface area contributed by atoms with Crippen LogP contribution in [0.4, 0.5) is 0 Å². The normalized spacial score (nSPS) is 23.6. The molecule has 144 valence electrons. The highest BCUT2D eigenvalue weighted by molar-refractivity contribution is 5.90. The fourth-order valence-corrected chi connectivity index (χ4v) is 3.87. The first kappa shape index (κ1) is 19.1. The number of fused-ring (bicyclic) bond motifs is 1. The minimum atomic E-state index is -1.38. The number of carboxylic acids is 1. The molecule has 0 bridgehead atoms. The molecule has 27 heavy (non-hydrogen) atoms. The van der Waals surface area contributed by atoms with Crippen molar-refractivity contribution in [2.24, 2.45) is 5.41 Å². The molecule has 2 unspecified atom stereocenters. The third kappa shape index (κ3) is 3.02. The molecular formula is C20H24N2O5. The van der Waals surface area contributed by atoms with Gasteiger partial charge in [0.2, 0.25) is 5.91 Å². The summed E-state index contributed by atoms with van der Waals surface area (Å²) in [6, 6.07) is 8.41. The van der Waals surface area contributed by atoms with E-state index in [9.17, 15) is 19.5 Å². The van der Waals surface area contributed by atoms with Gasteiger partial charge in [0.25, 0.3) is 0 Å². The molecule has 1 aromatic heterocycles. The van der Waals surface area contributed by atoms with E-state index < -0.39 is 22.8 Å². The maximum absolute atomic E-state index is 12.7. The topological polar surface area (TPSA) is 97.6 Å². The van der Waals surface area contributed by atoms with Gasteiger partial charge in [0.1, 0.15) is 12.1 Å². The molecule has 1 heterocycles. The summed E-state index contributed by atoms with van der Waals surface area (Å²) in [6.07, 6.45) is 1.54. The van der Waals surface area contributed by atoms with E-state index in [4.69, 9.17) is 4.74 Å². The molecular weight excluding hydrogens is 348 g/mol. The number of hydrogen-bond acceptors (Lipinski definition) is 4. The van der Waals surface area contributed by atoms with Gasteiger partial charge >= 0.3 is 5.97 Å². The van der Waals surface area contributed by atoms with E-state index in [0.717, 1.165) is 0 Å². The predicted octanol–water partition coefficient (Wildman–Crippen LogP) is 1.78. The molecule has 1 amide bonds. The van der Waals surface area contributed by atoms with Gasteiger partial charge in [0, 0.05) is 36.1 Å². The highest BCUT2D eigenvalue weighted by Gasteiger charge is 2.66. The fraction of sp³-hybridized carbons (Fsp3) is 0.450. The number of aliphatic carboxylic acids is 1. The number of pyridine rings is 1. The number of nitrogens with zero attached hydrogens (tertiary/aromatic N) is 1. The molecule has 2 aromatic rings. The molecule has 0 radical (unpaired) electrons. The van der Waals surface area contributed by atoms with Crippen molar-refractivity contribution in [3.63, 3.8) is 0 Å². The number of carbonyl (C=O) groups excluding carboxylic acids is 1. The third-order valence-electron chi connectivity index (χ3n) is 5.68. The second-order valence-corrected chi connectivity index (χ2v) is 7.45. The van der Waals surface area contributed by atoms with Crippen molar-refractivity contribution < 1.29 is 19.4 Å². The molecule has 2 atom stereocenters. The highest BCUT2D eigenvalue weighted by atomic mass is 16.5. The van der Waals surface area contributed by atoms with Crippen molar-refractivity contribution >= 4 is 22.8 Å². The molecule has 0 spiro atoms. The quantitative estimate of drug-likeness (QED) is 0.805. The molecule has 7 heteroatoms. The number of benzene rings is 1. The lowest BCUT2D eigenvalue weighted by atomic mass is 9.54. The van der Waals surface area contributed by atoms with Crippen LogP contribution in [0, 0.1) is 5.41 Å². The van der Waals surface area contributed by atoms with E-state index >= 15 is 0 Å². The Kier molecular flexibility index (Phi) is 4.82. The van der Waals surface area contributed by atoms with Crippen molar-refractivity contribution in [1.82, 2.24) is 9.88 Å². The lowest BCUT2D eigenvalue weighted by Crippen LogP contribution is -2.76. The van der Waals surface area contributed by atoms with E-state index in [-0.39, 0.29) is 24.5 Å². The van der Waals surface area contributed by atoms with Crippen LogP contribution < -0.4 is 10.7 Å². The Hall–Kier alpha value is -2.67. The lowest BCUT2D eigenvalue weighted by Gasteiger charge is -2.58. The zero-order valence-corrected chi connectivity index (χ0v) is 15.7. The summed E-state index contributed by atoms with van der Waals surface area (Å²) < 4.78 is 7.26. The van der Waals surface area contributed by atoms with Crippen LogP contribution in [0.2, 0.25) is 0 Å². The van der Waals surface area contributed by atoms with Crippen LogP contribution in [0.1, 0.15) is 27.2 Å². The molecule has 1 aliphatic carbocycles. The van der Waals surface area contributed by atoms with Crippen LogP contribution in [0.3, 0.4) is 0 Å². The van der Waals surface area contributed by atoms with E-state index in [0.29, 0.717) is 17.5 Å². The Balaban J connectivity index is 1.84. The first-order chi connectivity index (χ1) is 12.7. The number of hydrogen-bond donors (Lipinski definition) is 2. The number of nitrogens with one attached hydrogen (secondary N) is 1. The number of carboxylic acid groups (broad SMARTS) is 1. The van der Waals surface area contributed by atoms with Crippen molar-refractivity contribution in [3.05, 3.63) is 46.8 Å². The molecule has 0 aliphatic heterocycles.